The van der Waals surface area contributed by atoms with E-state index in [9.17, 15) is 0 Å². The van der Waals surface area contributed by atoms with E-state index in [0.717, 1.165) is 5.56 Å². The van der Waals surface area contributed by atoms with Crippen LogP contribution in [-0.4, -0.2) is 9.97 Å². The number of nitrogens with zero attached hydrogens (tertiary/aromatic N) is 2. The first-order valence-electron chi connectivity index (χ1n) is 4.87. The molecule has 0 unspecified atom stereocenters. The Balaban J connectivity index is 2.42. The van der Waals surface area contributed by atoms with Gasteiger partial charge in [-0.1, -0.05) is 29.3 Å². The summed E-state index contributed by atoms with van der Waals surface area (Å²) in [7, 11) is 0. The lowest BCUT2D eigenvalue weighted by Crippen LogP contribution is -2.02. The van der Waals surface area contributed by atoms with Crippen LogP contribution in [0, 0.1) is 6.92 Å². The molecule has 2 rings (SSSR count). The molecule has 0 bridgehead atoms. The Morgan fingerprint density at radius 3 is 2.47 bits per heavy atom. The first kappa shape index (κ1) is 12.0. The van der Waals surface area contributed by atoms with Crippen LogP contribution >= 0.6 is 23.2 Å². The quantitative estimate of drug-likeness (QED) is 0.876. The van der Waals surface area contributed by atoms with Crippen molar-refractivity contribution in [2.75, 3.05) is 11.1 Å². The Hall–Kier alpha value is -1.52. The molecule has 17 heavy (non-hydrogen) atoms. The third-order valence-corrected chi connectivity index (χ3v) is 2.96. The van der Waals surface area contributed by atoms with Gasteiger partial charge in [0, 0.05) is 5.56 Å². The molecule has 0 radical (unpaired) electrons. The number of rotatable bonds is 2. The molecule has 0 saturated carbocycles. The lowest BCUT2D eigenvalue weighted by molar-refractivity contribution is 1.14. The smallest absolute Gasteiger partial charge is 0.138 e. The minimum absolute atomic E-state index is 0.422. The van der Waals surface area contributed by atoms with Gasteiger partial charge in [-0.15, -0.1) is 0 Å². The second kappa shape index (κ2) is 4.77. The maximum absolute atomic E-state index is 6.05. The highest BCUT2D eigenvalue weighted by Crippen LogP contribution is 2.33. The van der Waals surface area contributed by atoms with E-state index >= 15 is 0 Å². The largest absolute Gasteiger partial charge is 0.383 e. The number of hydrogen-bond acceptors (Lipinski definition) is 4. The van der Waals surface area contributed by atoms with E-state index in [1.54, 1.807) is 18.2 Å². The molecule has 1 aromatic carbocycles. The molecule has 1 aromatic heterocycles. The molecule has 0 spiro atoms. The van der Waals surface area contributed by atoms with Crippen molar-refractivity contribution >= 4 is 40.5 Å². The van der Waals surface area contributed by atoms with E-state index in [-0.39, 0.29) is 0 Å². The van der Waals surface area contributed by atoms with Crippen LogP contribution in [-0.2, 0) is 0 Å². The number of anilines is 3. The van der Waals surface area contributed by atoms with Crippen LogP contribution in [0.3, 0.4) is 0 Å². The molecule has 1 heterocycles. The third kappa shape index (κ3) is 2.43. The summed E-state index contributed by atoms with van der Waals surface area (Å²) >= 11 is 12.1. The van der Waals surface area contributed by atoms with E-state index in [1.807, 2.05) is 6.92 Å². The summed E-state index contributed by atoms with van der Waals surface area (Å²) in [5, 5.41) is 4.10. The zero-order valence-corrected chi connectivity index (χ0v) is 10.5. The molecule has 0 atom stereocenters. The number of halogens is 2. The van der Waals surface area contributed by atoms with Crippen LogP contribution < -0.4 is 11.1 Å². The molecule has 88 valence electrons. The van der Waals surface area contributed by atoms with Gasteiger partial charge < -0.3 is 11.1 Å². The molecule has 0 aliphatic heterocycles. The van der Waals surface area contributed by atoms with E-state index in [2.05, 4.69) is 15.3 Å². The van der Waals surface area contributed by atoms with Crippen molar-refractivity contribution in [3.05, 3.63) is 40.1 Å². The first-order chi connectivity index (χ1) is 8.09. The summed E-state index contributed by atoms with van der Waals surface area (Å²) in [6.45, 7) is 1.82. The number of nitrogens with two attached hydrogens (primary N) is 1. The Bertz CT molecular complexity index is 537. The minimum Gasteiger partial charge on any atom is -0.383 e. The average Bonchev–Trinajstić information content (AvgIpc) is 2.29. The van der Waals surface area contributed by atoms with E-state index < -0.39 is 0 Å². The van der Waals surface area contributed by atoms with Crippen molar-refractivity contribution in [1.29, 1.82) is 0 Å². The molecule has 0 aliphatic carbocycles. The monoisotopic (exact) mass is 268 g/mol. The van der Waals surface area contributed by atoms with Crippen molar-refractivity contribution in [3.8, 4) is 0 Å². The number of nitrogen functional groups attached to an aromatic ring is 1. The predicted molar refractivity (Wildman–Crippen MR) is 70.9 cm³/mol. The molecule has 0 aliphatic rings. The van der Waals surface area contributed by atoms with Crippen molar-refractivity contribution in [3.63, 3.8) is 0 Å². The molecule has 6 heteroatoms. The van der Waals surface area contributed by atoms with E-state index in [0.29, 0.717) is 27.4 Å². The third-order valence-electron chi connectivity index (χ3n) is 2.33. The van der Waals surface area contributed by atoms with Crippen molar-refractivity contribution < 1.29 is 0 Å². The highest BCUT2D eigenvalue weighted by Gasteiger charge is 2.09. The zero-order valence-electron chi connectivity index (χ0n) is 9.04. The van der Waals surface area contributed by atoms with Gasteiger partial charge in [0.1, 0.15) is 18.0 Å². The van der Waals surface area contributed by atoms with Gasteiger partial charge in [0.2, 0.25) is 0 Å². The molecular formula is C11H10Cl2N4. The van der Waals surface area contributed by atoms with Gasteiger partial charge >= 0.3 is 0 Å². The summed E-state index contributed by atoms with van der Waals surface area (Å²) < 4.78 is 0. The van der Waals surface area contributed by atoms with Gasteiger partial charge in [-0.2, -0.15) is 0 Å². The Morgan fingerprint density at radius 2 is 1.82 bits per heavy atom. The van der Waals surface area contributed by atoms with Crippen LogP contribution in [0.5, 0.6) is 0 Å². The van der Waals surface area contributed by atoms with Crippen LogP contribution in [0.25, 0.3) is 0 Å². The van der Waals surface area contributed by atoms with Crippen LogP contribution in [0.4, 0.5) is 17.3 Å². The highest BCUT2D eigenvalue weighted by atomic mass is 35.5. The summed E-state index contributed by atoms with van der Waals surface area (Å²) in [5.74, 6) is 1.01. The molecule has 0 fully saturated rings. The fourth-order valence-corrected chi connectivity index (χ4v) is 1.82. The first-order valence-corrected chi connectivity index (χ1v) is 5.63. The average molecular weight is 269 g/mol. The maximum atomic E-state index is 6.05. The van der Waals surface area contributed by atoms with Crippen LogP contribution in [0.15, 0.2) is 24.5 Å². The number of para-hydroxylation sites is 1. The summed E-state index contributed by atoms with van der Waals surface area (Å²) in [5.41, 5.74) is 7.05. The molecule has 3 N–H and O–H groups in total. The zero-order chi connectivity index (χ0) is 12.4. The number of aromatic nitrogens is 2. The molecule has 0 saturated heterocycles. The molecular weight excluding hydrogens is 259 g/mol. The predicted octanol–water partition coefficient (Wildman–Crippen LogP) is 3.42. The Labute approximate surface area is 109 Å². The summed E-state index contributed by atoms with van der Waals surface area (Å²) in [4.78, 5) is 7.98. The summed E-state index contributed by atoms with van der Waals surface area (Å²) in [6.07, 6.45) is 1.38. The standard InChI is InChI=1S/C11H10Cl2N4/c1-6-10(14)15-5-16-11(6)17-9-7(12)3-2-4-8(9)13/h2-5H,1H3,(H3,14,15,16,17). The second-order valence-corrected chi connectivity index (χ2v) is 4.27. The summed E-state index contributed by atoms with van der Waals surface area (Å²) in [6, 6.07) is 5.27. The fraction of sp³-hybridized carbons (Fsp3) is 0.0909. The van der Waals surface area contributed by atoms with Gasteiger partial charge in [-0.3, -0.25) is 0 Å². The van der Waals surface area contributed by atoms with Crippen molar-refractivity contribution in [2.24, 2.45) is 0 Å². The fourth-order valence-electron chi connectivity index (χ4n) is 1.33. The normalized spacial score (nSPS) is 10.3. The Morgan fingerprint density at radius 1 is 1.18 bits per heavy atom. The van der Waals surface area contributed by atoms with Crippen LogP contribution in [0.1, 0.15) is 5.56 Å². The number of hydrogen-bond donors (Lipinski definition) is 2. The minimum atomic E-state index is 0.422. The topological polar surface area (TPSA) is 63.8 Å². The van der Waals surface area contributed by atoms with E-state index in [1.165, 1.54) is 6.33 Å². The SMILES string of the molecule is Cc1c(N)ncnc1Nc1c(Cl)cccc1Cl. The van der Waals surface area contributed by atoms with Crippen molar-refractivity contribution in [2.45, 2.75) is 6.92 Å². The van der Waals surface area contributed by atoms with Crippen LogP contribution in [0.2, 0.25) is 10.0 Å². The van der Waals surface area contributed by atoms with E-state index in [4.69, 9.17) is 28.9 Å². The Kier molecular flexibility index (Phi) is 3.36. The molecule has 0 amide bonds. The number of benzene rings is 1. The highest BCUT2D eigenvalue weighted by molar-refractivity contribution is 6.39. The molecule has 2 aromatic rings. The lowest BCUT2D eigenvalue weighted by Gasteiger charge is -2.11. The van der Waals surface area contributed by atoms with Gasteiger partial charge in [0.05, 0.1) is 15.7 Å². The number of nitrogens with one attached hydrogen (secondary N) is 1. The van der Waals surface area contributed by atoms with Crippen molar-refractivity contribution in [1.82, 2.24) is 9.97 Å². The van der Waals surface area contributed by atoms with Gasteiger partial charge in [-0.05, 0) is 19.1 Å². The van der Waals surface area contributed by atoms with Gasteiger partial charge in [0.15, 0.2) is 0 Å². The maximum Gasteiger partial charge on any atom is 0.138 e. The van der Waals surface area contributed by atoms with Gasteiger partial charge in [-0.25, -0.2) is 9.97 Å². The lowest BCUT2D eigenvalue weighted by atomic mass is 10.2. The molecule has 4 nitrogen and oxygen atoms in total. The second-order valence-electron chi connectivity index (χ2n) is 3.45. The van der Waals surface area contributed by atoms with Gasteiger partial charge in [0.25, 0.3) is 0 Å².